The van der Waals surface area contributed by atoms with Crippen LogP contribution in [0.1, 0.15) is 25.3 Å². The molecule has 1 heterocycles. The molecule has 2 rings (SSSR count). The Morgan fingerprint density at radius 1 is 1.35 bits per heavy atom. The molecule has 1 aliphatic rings. The third-order valence-electron chi connectivity index (χ3n) is 3.19. The van der Waals surface area contributed by atoms with E-state index in [0.29, 0.717) is 16.1 Å². The number of benzene rings is 1. The lowest BCUT2D eigenvalue weighted by molar-refractivity contribution is 0.357. The SMILES string of the molecule is CC1CCNC(/C=C/c2cccc(Cl)c2Cl)C1. The maximum Gasteiger partial charge on any atom is 0.0664 e. The predicted molar refractivity (Wildman–Crippen MR) is 75.7 cm³/mol. The summed E-state index contributed by atoms with van der Waals surface area (Å²) in [4.78, 5) is 0. The van der Waals surface area contributed by atoms with Gasteiger partial charge < -0.3 is 5.32 Å². The van der Waals surface area contributed by atoms with Crippen molar-refractivity contribution >= 4 is 29.3 Å². The van der Waals surface area contributed by atoms with Gasteiger partial charge in [0.05, 0.1) is 10.0 Å². The summed E-state index contributed by atoms with van der Waals surface area (Å²) in [6.07, 6.45) is 6.70. The minimum atomic E-state index is 0.453. The summed E-state index contributed by atoms with van der Waals surface area (Å²) in [6.45, 7) is 3.40. The first-order valence-corrected chi connectivity index (χ1v) is 6.78. The van der Waals surface area contributed by atoms with E-state index in [1.165, 1.54) is 12.8 Å². The van der Waals surface area contributed by atoms with Crippen LogP contribution in [-0.2, 0) is 0 Å². The summed E-state index contributed by atoms with van der Waals surface area (Å²) < 4.78 is 0. The molecule has 1 N–H and O–H groups in total. The fourth-order valence-corrected chi connectivity index (χ4v) is 2.54. The second kappa shape index (κ2) is 5.90. The fraction of sp³-hybridized carbons (Fsp3) is 0.429. The molecule has 1 nitrogen and oxygen atoms in total. The maximum atomic E-state index is 6.14. The Bertz CT molecular complexity index is 415. The zero-order valence-electron chi connectivity index (χ0n) is 9.92. The van der Waals surface area contributed by atoms with Gasteiger partial charge in [0.15, 0.2) is 0 Å². The van der Waals surface area contributed by atoms with Crippen LogP contribution in [0.2, 0.25) is 10.0 Å². The summed E-state index contributed by atoms with van der Waals surface area (Å²) >= 11 is 12.1. The average molecular weight is 270 g/mol. The Kier molecular flexibility index (Phi) is 4.49. The predicted octanol–water partition coefficient (Wildman–Crippen LogP) is 4.39. The largest absolute Gasteiger partial charge is 0.310 e. The van der Waals surface area contributed by atoms with Crippen molar-refractivity contribution in [2.45, 2.75) is 25.8 Å². The topological polar surface area (TPSA) is 12.0 Å². The van der Waals surface area contributed by atoms with Crippen molar-refractivity contribution < 1.29 is 0 Å². The number of halogens is 2. The van der Waals surface area contributed by atoms with Gasteiger partial charge >= 0.3 is 0 Å². The molecule has 0 aliphatic carbocycles. The van der Waals surface area contributed by atoms with Gasteiger partial charge in [-0.3, -0.25) is 0 Å². The van der Waals surface area contributed by atoms with Crippen molar-refractivity contribution in [2.75, 3.05) is 6.54 Å². The standard InChI is InChI=1S/C14H17Cl2N/c1-10-7-8-17-12(9-10)6-5-11-3-2-4-13(15)14(11)16/h2-6,10,12,17H,7-9H2,1H3/b6-5+. The normalized spacial score (nSPS) is 25.4. The third kappa shape index (κ3) is 3.48. The average Bonchev–Trinajstić information content (AvgIpc) is 2.31. The summed E-state index contributed by atoms with van der Waals surface area (Å²) in [5, 5.41) is 4.73. The molecule has 2 unspecified atom stereocenters. The Labute approximate surface area is 113 Å². The number of piperidine rings is 1. The Morgan fingerprint density at radius 2 is 2.18 bits per heavy atom. The van der Waals surface area contributed by atoms with E-state index in [9.17, 15) is 0 Å². The molecule has 92 valence electrons. The molecular weight excluding hydrogens is 253 g/mol. The summed E-state index contributed by atoms with van der Waals surface area (Å²) in [5.41, 5.74) is 0.985. The lowest BCUT2D eigenvalue weighted by Crippen LogP contribution is -2.35. The van der Waals surface area contributed by atoms with Crippen molar-refractivity contribution in [2.24, 2.45) is 5.92 Å². The molecule has 3 heteroatoms. The third-order valence-corrected chi connectivity index (χ3v) is 4.02. The van der Waals surface area contributed by atoms with E-state index in [-0.39, 0.29) is 0 Å². The van der Waals surface area contributed by atoms with Crippen molar-refractivity contribution in [3.8, 4) is 0 Å². The van der Waals surface area contributed by atoms with Crippen LogP contribution in [0, 0.1) is 5.92 Å². The van der Waals surface area contributed by atoms with E-state index in [1.54, 1.807) is 0 Å². The molecule has 0 radical (unpaired) electrons. The van der Waals surface area contributed by atoms with E-state index in [0.717, 1.165) is 18.0 Å². The van der Waals surface area contributed by atoms with Crippen LogP contribution < -0.4 is 5.32 Å². The summed E-state index contributed by atoms with van der Waals surface area (Å²) in [7, 11) is 0. The molecule has 0 spiro atoms. The molecule has 1 aliphatic heterocycles. The zero-order chi connectivity index (χ0) is 12.3. The molecule has 17 heavy (non-hydrogen) atoms. The van der Waals surface area contributed by atoms with E-state index < -0.39 is 0 Å². The first-order chi connectivity index (χ1) is 8.16. The fourth-order valence-electron chi connectivity index (χ4n) is 2.17. The summed E-state index contributed by atoms with van der Waals surface area (Å²) in [5.74, 6) is 0.792. The van der Waals surface area contributed by atoms with Crippen LogP contribution in [0.4, 0.5) is 0 Å². The minimum absolute atomic E-state index is 0.453. The van der Waals surface area contributed by atoms with Crippen LogP contribution in [0.15, 0.2) is 24.3 Å². The number of hydrogen-bond donors (Lipinski definition) is 1. The van der Waals surface area contributed by atoms with Gasteiger partial charge in [-0.1, -0.05) is 54.4 Å². The van der Waals surface area contributed by atoms with Gasteiger partial charge in [0.1, 0.15) is 0 Å². The number of rotatable bonds is 2. The monoisotopic (exact) mass is 269 g/mol. The van der Waals surface area contributed by atoms with Crippen LogP contribution in [0.5, 0.6) is 0 Å². The van der Waals surface area contributed by atoms with Gasteiger partial charge in [0, 0.05) is 6.04 Å². The molecule has 1 saturated heterocycles. The molecule has 1 aromatic carbocycles. The van der Waals surface area contributed by atoms with Gasteiger partial charge in [-0.25, -0.2) is 0 Å². The van der Waals surface area contributed by atoms with Gasteiger partial charge in [-0.15, -0.1) is 0 Å². The quantitative estimate of drug-likeness (QED) is 0.840. The van der Waals surface area contributed by atoms with E-state index in [2.05, 4.69) is 24.4 Å². The van der Waals surface area contributed by atoms with Crippen molar-refractivity contribution in [1.82, 2.24) is 5.32 Å². The lowest BCUT2D eigenvalue weighted by atomic mass is 9.94. The smallest absolute Gasteiger partial charge is 0.0664 e. The second-order valence-electron chi connectivity index (χ2n) is 4.69. The molecule has 2 atom stereocenters. The van der Waals surface area contributed by atoms with Gasteiger partial charge in [0.2, 0.25) is 0 Å². The molecule has 0 amide bonds. The highest BCUT2D eigenvalue weighted by Crippen LogP contribution is 2.27. The minimum Gasteiger partial charge on any atom is -0.310 e. The van der Waals surface area contributed by atoms with Gasteiger partial charge in [-0.2, -0.15) is 0 Å². The number of hydrogen-bond acceptors (Lipinski definition) is 1. The van der Waals surface area contributed by atoms with E-state index >= 15 is 0 Å². The molecular formula is C14H17Cl2N. The van der Waals surface area contributed by atoms with Crippen molar-refractivity contribution in [3.63, 3.8) is 0 Å². The van der Waals surface area contributed by atoms with Crippen molar-refractivity contribution in [3.05, 3.63) is 39.9 Å². The van der Waals surface area contributed by atoms with Gasteiger partial charge in [0.25, 0.3) is 0 Å². The zero-order valence-corrected chi connectivity index (χ0v) is 11.4. The second-order valence-corrected chi connectivity index (χ2v) is 5.48. The molecule has 1 aromatic rings. The highest BCUT2D eigenvalue weighted by atomic mass is 35.5. The number of nitrogens with one attached hydrogen (secondary N) is 1. The van der Waals surface area contributed by atoms with E-state index in [4.69, 9.17) is 23.2 Å². The Hall–Kier alpha value is -0.500. The highest BCUT2D eigenvalue weighted by Gasteiger charge is 2.15. The summed E-state index contributed by atoms with van der Waals surface area (Å²) in [6, 6.07) is 6.16. The first kappa shape index (κ1) is 12.9. The van der Waals surface area contributed by atoms with E-state index in [1.807, 2.05) is 18.2 Å². The lowest BCUT2D eigenvalue weighted by Gasteiger charge is -2.25. The van der Waals surface area contributed by atoms with Crippen LogP contribution in [-0.4, -0.2) is 12.6 Å². The molecule has 0 saturated carbocycles. The molecule has 1 fully saturated rings. The highest BCUT2D eigenvalue weighted by molar-refractivity contribution is 6.42. The van der Waals surface area contributed by atoms with Crippen LogP contribution in [0.3, 0.4) is 0 Å². The Morgan fingerprint density at radius 3 is 2.94 bits per heavy atom. The van der Waals surface area contributed by atoms with Gasteiger partial charge in [-0.05, 0) is 36.9 Å². The Balaban J connectivity index is 2.07. The molecule has 0 aromatic heterocycles. The first-order valence-electron chi connectivity index (χ1n) is 6.02. The van der Waals surface area contributed by atoms with Crippen molar-refractivity contribution in [1.29, 1.82) is 0 Å². The molecule has 0 bridgehead atoms. The maximum absolute atomic E-state index is 6.14. The van der Waals surface area contributed by atoms with Crippen LogP contribution in [0.25, 0.3) is 6.08 Å². The van der Waals surface area contributed by atoms with Crippen LogP contribution >= 0.6 is 23.2 Å².